The number of hydrogen-bond donors (Lipinski definition) is 2. The molecular weight excluding hydrogens is 269 g/mol. The van der Waals surface area contributed by atoms with Gasteiger partial charge in [-0.3, -0.25) is 9.89 Å². The lowest BCUT2D eigenvalue weighted by Crippen LogP contribution is -2.33. The Morgan fingerprint density at radius 2 is 1.90 bits per heavy atom. The fraction of sp³-hybridized carbons (Fsp3) is 0.923. The minimum Gasteiger partial charge on any atom is -0.370 e. The first-order valence-electron chi connectivity index (χ1n) is 7.14. The Kier molecular flexibility index (Phi) is 10.2. The van der Waals surface area contributed by atoms with Crippen molar-refractivity contribution < 1.29 is 13.2 Å². The van der Waals surface area contributed by atoms with Crippen LogP contribution < -0.4 is 11.1 Å². The Hall–Kier alpha value is -0.980. The van der Waals surface area contributed by atoms with E-state index in [-0.39, 0.29) is 0 Å². The molecule has 0 radical (unpaired) electrons. The molecule has 0 unspecified atom stereocenters. The predicted octanol–water partition coefficient (Wildman–Crippen LogP) is 2.36. The molecule has 0 rings (SSSR count). The smallest absolute Gasteiger partial charge is 0.370 e. The van der Waals surface area contributed by atoms with E-state index < -0.39 is 12.7 Å². The molecule has 0 amide bonds. The van der Waals surface area contributed by atoms with Crippen LogP contribution in [0.2, 0.25) is 0 Å². The highest BCUT2D eigenvalue weighted by atomic mass is 19.4. The number of nitrogens with one attached hydrogen (secondary N) is 1. The molecule has 0 spiro atoms. The van der Waals surface area contributed by atoms with Crippen molar-refractivity contribution in [3.63, 3.8) is 0 Å². The van der Waals surface area contributed by atoms with Crippen molar-refractivity contribution in [2.24, 2.45) is 10.7 Å². The third kappa shape index (κ3) is 13.5. The first-order chi connectivity index (χ1) is 9.35. The van der Waals surface area contributed by atoms with E-state index in [0.29, 0.717) is 25.5 Å². The van der Waals surface area contributed by atoms with Crippen molar-refractivity contribution in [1.29, 1.82) is 0 Å². The number of halogens is 3. The predicted molar refractivity (Wildman–Crippen MR) is 76.8 cm³/mol. The molecule has 0 atom stereocenters. The number of hydrogen-bond acceptors (Lipinski definition) is 2. The van der Waals surface area contributed by atoms with Crippen LogP contribution in [0.1, 0.15) is 39.0 Å². The van der Waals surface area contributed by atoms with Crippen molar-refractivity contribution in [1.82, 2.24) is 10.2 Å². The van der Waals surface area contributed by atoms with Gasteiger partial charge < -0.3 is 11.1 Å². The second-order valence-electron chi connectivity index (χ2n) is 4.96. The van der Waals surface area contributed by atoms with E-state index in [1.54, 1.807) is 0 Å². The van der Waals surface area contributed by atoms with Gasteiger partial charge in [-0.25, -0.2) is 0 Å². The number of nitrogens with two attached hydrogens (primary N) is 1. The summed E-state index contributed by atoms with van der Waals surface area (Å²) in [4.78, 5) is 5.33. The maximum atomic E-state index is 12.1. The molecule has 7 heteroatoms. The second kappa shape index (κ2) is 10.8. The topological polar surface area (TPSA) is 53.6 Å². The van der Waals surface area contributed by atoms with Crippen molar-refractivity contribution in [2.75, 3.05) is 33.2 Å². The summed E-state index contributed by atoms with van der Waals surface area (Å²) in [6.07, 6.45) is 1.04. The molecule has 0 bridgehead atoms. The van der Waals surface area contributed by atoms with Gasteiger partial charge >= 0.3 is 6.18 Å². The lowest BCUT2D eigenvalue weighted by Gasteiger charge is -2.17. The standard InChI is InChI=1S/C13H27F3N4/c1-3-4-5-6-8-18-12(17)19-9-7-10-20(2)11-13(14,15)16/h3-11H2,1-2H3,(H3,17,18,19). The van der Waals surface area contributed by atoms with Gasteiger partial charge in [0.2, 0.25) is 0 Å². The number of guanidine groups is 1. The number of alkyl halides is 3. The summed E-state index contributed by atoms with van der Waals surface area (Å²) in [6.45, 7) is 2.85. The Bertz CT molecular complexity index is 267. The van der Waals surface area contributed by atoms with Gasteiger partial charge in [0.1, 0.15) is 0 Å². The summed E-state index contributed by atoms with van der Waals surface area (Å²) in [7, 11) is 1.45. The third-order valence-electron chi connectivity index (χ3n) is 2.77. The molecule has 4 nitrogen and oxygen atoms in total. The monoisotopic (exact) mass is 296 g/mol. The Labute approximate surface area is 119 Å². The molecule has 20 heavy (non-hydrogen) atoms. The molecule has 0 aliphatic rings. The highest BCUT2D eigenvalue weighted by Gasteiger charge is 2.28. The Balaban J connectivity index is 3.58. The van der Waals surface area contributed by atoms with Gasteiger partial charge in [0.25, 0.3) is 0 Å². The lowest BCUT2D eigenvalue weighted by atomic mass is 10.2. The summed E-state index contributed by atoms with van der Waals surface area (Å²) in [6, 6.07) is 0. The minimum atomic E-state index is -4.14. The van der Waals surface area contributed by atoms with Crippen LogP contribution in [0.3, 0.4) is 0 Å². The van der Waals surface area contributed by atoms with E-state index in [1.807, 2.05) is 0 Å². The van der Waals surface area contributed by atoms with Crippen LogP contribution in [0.15, 0.2) is 4.99 Å². The van der Waals surface area contributed by atoms with E-state index in [4.69, 9.17) is 5.73 Å². The molecule has 0 aliphatic heterocycles. The molecule has 0 aromatic carbocycles. The van der Waals surface area contributed by atoms with E-state index in [2.05, 4.69) is 17.2 Å². The first-order valence-corrected chi connectivity index (χ1v) is 7.14. The number of aliphatic imine (C=N–C) groups is 1. The maximum Gasteiger partial charge on any atom is 0.401 e. The zero-order valence-corrected chi connectivity index (χ0v) is 12.5. The summed E-state index contributed by atoms with van der Waals surface area (Å²) < 4.78 is 36.2. The van der Waals surface area contributed by atoms with Gasteiger partial charge in [0, 0.05) is 13.1 Å². The Morgan fingerprint density at radius 3 is 2.50 bits per heavy atom. The Morgan fingerprint density at radius 1 is 1.20 bits per heavy atom. The molecular formula is C13H27F3N4. The van der Waals surface area contributed by atoms with Crippen LogP contribution in [0.4, 0.5) is 13.2 Å². The molecule has 0 aromatic rings. The van der Waals surface area contributed by atoms with Crippen LogP contribution in [0.25, 0.3) is 0 Å². The highest BCUT2D eigenvalue weighted by molar-refractivity contribution is 5.77. The van der Waals surface area contributed by atoms with Crippen molar-refractivity contribution >= 4 is 5.96 Å². The summed E-state index contributed by atoms with van der Waals surface area (Å²) in [5.74, 6) is 0.375. The largest absolute Gasteiger partial charge is 0.401 e. The van der Waals surface area contributed by atoms with Gasteiger partial charge in [0.05, 0.1) is 6.54 Å². The van der Waals surface area contributed by atoms with Crippen LogP contribution >= 0.6 is 0 Å². The molecule has 0 heterocycles. The number of nitrogens with zero attached hydrogens (tertiary/aromatic N) is 2. The number of unbranched alkanes of at least 4 members (excludes halogenated alkanes) is 3. The summed E-state index contributed by atoms with van der Waals surface area (Å²) in [5, 5.41) is 3.00. The normalized spacial score (nSPS) is 13.0. The fourth-order valence-electron chi connectivity index (χ4n) is 1.75. The summed E-state index contributed by atoms with van der Waals surface area (Å²) >= 11 is 0. The lowest BCUT2D eigenvalue weighted by molar-refractivity contribution is -0.143. The average molecular weight is 296 g/mol. The summed E-state index contributed by atoms with van der Waals surface area (Å²) in [5.41, 5.74) is 5.65. The number of rotatable bonds is 10. The molecule has 0 aliphatic carbocycles. The van der Waals surface area contributed by atoms with E-state index >= 15 is 0 Å². The molecule has 0 saturated carbocycles. The van der Waals surface area contributed by atoms with Gasteiger partial charge in [-0.05, 0) is 26.4 Å². The highest BCUT2D eigenvalue weighted by Crippen LogP contribution is 2.15. The van der Waals surface area contributed by atoms with E-state index in [1.165, 1.54) is 31.2 Å². The van der Waals surface area contributed by atoms with Crippen LogP contribution in [0.5, 0.6) is 0 Å². The average Bonchev–Trinajstić information content (AvgIpc) is 2.32. The molecule has 0 saturated heterocycles. The van der Waals surface area contributed by atoms with E-state index in [9.17, 15) is 13.2 Å². The van der Waals surface area contributed by atoms with E-state index in [0.717, 1.165) is 13.0 Å². The van der Waals surface area contributed by atoms with Gasteiger partial charge in [-0.15, -0.1) is 0 Å². The van der Waals surface area contributed by atoms with Gasteiger partial charge in [0.15, 0.2) is 5.96 Å². The third-order valence-corrected chi connectivity index (χ3v) is 2.77. The van der Waals surface area contributed by atoms with Crippen molar-refractivity contribution in [3.8, 4) is 0 Å². The van der Waals surface area contributed by atoms with Crippen molar-refractivity contribution in [3.05, 3.63) is 0 Å². The van der Waals surface area contributed by atoms with Gasteiger partial charge in [-0.2, -0.15) is 13.2 Å². The SMILES string of the molecule is CCCCCCNC(N)=NCCCN(C)CC(F)(F)F. The quantitative estimate of drug-likeness (QED) is 0.370. The zero-order valence-electron chi connectivity index (χ0n) is 12.5. The second-order valence-corrected chi connectivity index (χ2v) is 4.96. The van der Waals surface area contributed by atoms with Gasteiger partial charge in [-0.1, -0.05) is 26.2 Å². The molecule has 0 fully saturated rings. The fourth-order valence-corrected chi connectivity index (χ4v) is 1.75. The van der Waals surface area contributed by atoms with Crippen LogP contribution in [-0.2, 0) is 0 Å². The van der Waals surface area contributed by atoms with Crippen molar-refractivity contribution in [2.45, 2.75) is 45.2 Å². The molecule has 3 N–H and O–H groups in total. The molecule has 120 valence electrons. The van der Waals surface area contributed by atoms with Crippen LogP contribution in [-0.4, -0.2) is 50.3 Å². The zero-order chi connectivity index (χ0) is 15.4. The van der Waals surface area contributed by atoms with Crippen LogP contribution in [0, 0.1) is 0 Å². The first kappa shape index (κ1) is 19.0. The maximum absolute atomic E-state index is 12.1. The molecule has 0 aromatic heterocycles. The minimum absolute atomic E-state index is 0.354.